The molecule has 1 aromatic rings. The number of amides is 1. The van der Waals surface area contributed by atoms with Crippen LogP contribution in [0.3, 0.4) is 0 Å². The summed E-state index contributed by atoms with van der Waals surface area (Å²) in [6.45, 7) is 5.91. The maximum atomic E-state index is 14.9. The van der Waals surface area contributed by atoms with Gasteiger partial charge in [-0.15, -0.1) is 0 Å². The van der Waals surface area contributed by atoms with Crippen LogP contribution in [0.15, 0.2) is 18.2 Å². The summed E-state index contributed by atoms with van der Waals surface area (Å²) in [6, 6.07) is 4.59. The molecule has 31 heavy (non-hydrogen) atoms. The second-order valence-electron chi connectivity index (χ2n) is 7.75. The Labute approximate surface area is 187 Å². The molecule has 2 heterocycles. The van der Waals surface area contributed by atoms with Crippen LogP contribution in [0.2, 0.25) is 0 Å². The molecule has 12 heteroatoms. The normalized spacial score (nSPS) is 20.3. The van der Waals surface area contributed by atoms with Crippen LogP contribution in [0.5, 0.6) is 0 Å². The summed E-state index contributed by atoms with van der Waals surface area (Å²) in [6.07, 6.45) is -0.908. The lowest BCUT2D eigenvalue weighted by molar-refractivity contribution is 0.143. The molecule has 0 unspecified atom stereocenters. The maximum Gasteiger partial charge on any atom is 0.414 e. The van der Waals surface area contributed by atoms with Gasteiger partial charge in [0.25, 0.3) is 10.2 Å². The molecule has 2 fully saturated rings. The predicted octanol–water partition coefficient (Wildman–Crippen LogP) is 1.31. The van der Waals surface area contributed by atoms with Crippen molar-refractivity contribution in [3.63, 3.8) is 0 Å². The maximum absolute atomic E-state index is 14.9. The molecule has 0 aromatic heterocycles. The smallest absolute Gasteiger partial charge is 0.414 e. The van der Waals surface area contributed by atoms with E-state index in [9.17, 15) is 17.6 Å². The van der Waals surface area contributed by atoms with Crippen LogP contribution in [0.1, 0.15) is 13.8 Å². The van der Waals surface area contributed by atoms with Crippen LogP contribution in [0.25, 0.3) is 0 Å². The number of carbonyl (C=O) groups is 1. The molecule has 172 valence electrons. The van der Waals surface area contributed by atoms with E-state index in [2.05, 4.69) is 10.0 Å². The van der Waals surface area contributed by atoms with Crippen LogP contribution >= 0.6 is 12.2 Å². The Bertz CT molecular complexity index is 935. The van der Waals surface area contributed by atoms with Gasteiger partial charge < -0.3 is 15.0 Å². The molecule has 2 N–H and O–H groups in total. The minimum Gasteiger partial charge on any atom is -0.442 e. The Morgan fingerprint density at radius 3 is 2.55 bits per heavy atom. The molecular weight excluding hydrogens is 445 g/mol. The first-order chi connectivity index (χ1) is 14.6. The van der Waals surface area contributed by atoms with Crippen LogP contribution in [0, 0.1) is 11.7 Å². The fourth-order valence-corrected chi connectivity index (χ4v) is 4.46. The highest BCUT2D eigenvalue weighted by atomic mass is 32.2. The van der Waals surface area contributed by atoms with Crippen molar-refractivity contribution in [2.24, 2.45) is 5.92 Å². The highest BCUT2D eigenvalue weighted by Gasteiger charge is 2.33. The quantitative estimate of drug-likeness (QED) is 0.577. The largest absolute Gasteiger partial charge is 0.442 e. The van der Waals surface area contributed by atoms with E-state index in [1.165, 1.54) is 22.3 Å². The van der Waals surface area contributed by atoms with Gasteiger partial charge >= 0.3 is 6.09 Å². The lowest BCUT2D eigenvalue weighted by Crippen LogP contribution is -2.51. The zero-order valence-corrected chi connectivity index (χ0v) is 19.4. The number of anilines is 2. The van der Waals surface area contributed by atoms with Crippen molar-refractivity contribution in [3.8, 4) is 0 Å². The van der Waals surface area contributed by atoms with Crippen molar-refractivity contribution in [3.05, 3.63) is 24.0 Å². The Balaban J connectivity index is 1.62. The molecule has 0 spiro atoms. The van der Waals surface area contributed by atoms with Gasteiger partial charge in [0.05, 0.1) is 29.5 Å². The van der Waals surface area contributed by atoms with Crippen molar-refractivity contribution < 1.29 is 22.3 Å². The van der Waals surface area contributed by atoms with Crippen molar-refractivity contribution in [1.29, 1.82) is 0 Å². The fourth-order valence-electron chi connectivity index (χ4n) is 3.48. The van der Waals surface area contributed by atoms with E-state index >= 15 is 0 Å². The third kappa shape index (κ3) is 5.43. The summed E-state index contributed by atoms with van der Waals surface area (Å²) < 4.78 is 47.6. The number of halogens is 1. The molecule has 1 atom stereocenters. The van der Waals surface area contributed by atoms with Crippen molar-refractivity contribution in [1.82, 2.24) is 14.3 Å². The molecule has 2 aliphatic heterocycles. The first-order valence-corrected chi connectivity index (χ1v) is 12.0. The second kappa shape index (κ2) is 9.63. The van der Waals surface area contributed by atoms with E-state index in [0.717, 1.165) is 0 Å². The fraction of sp³-hybridized carbons (Fsp3) is 0.579. The number of ether oxygens (including phenoxy) is 1. The molecule has 0 bridgehead atoms. The molecule has 1 aromatic carbocycles. The summed E-state index contributed by atoms with van der Waals surface area (Å²) in [5, 5.41) is 3.09. The Morgan fingerprint density at radius 2 is 1.97 bits per heavy atom. The van der Waals surface area contributed by atoms with E-state index in [1.54, 1.807) is 17.0 Å². The number of piperazine rings is 1. The SMILES string of the molecule is CNS(=O)(=O)N1CCN(c2ccc(N3C[C@H](CNC(=S)C(C)C)OC3=O)cc2F)CC1. The predicted molar refractivity (Wildman–Crippen MR) is 121 cm³/mol. The number of hydrogen-bond acceptors (Lipinski definition) is 6. The molecule has 0 radical (unpaired) electrons. The van der Waals surface area contributed by atoms with Crippen molar-refractivity contribution in [2.75, 3.05) is 56.1 Å². The van der Waals surface area contributed by atoms with Gasteiger partial charge in [-0.05, 0) is 18.2 Å². The van der Waals surface area contributed by atoms with Crippen molar-refractivity contribution in [2.45, 2.75) is 20.0 Å². The Hall–Kier alpha value is -2.02. The number of hydrogen-bond donors (Lipinski definition) is 2. The van der Waals surface area contributed by atoms with Gasteiger partial charge in [0.1, 0.15) is 11.9 Å². The van der Waals surface area contributed by atoms with Gasteiger partial charge in [0.2, 0.25) is 0 Å². The van der Waals surface area contributed by atoms with Gasteiger partial charge in [-0.3, -0.25) is 4.90 Å². The van der Waals surface area contributed by atoms with E-state index < -0.39 is 22.1 Å². The zero-order valence-electron chi connectivity index (χ0n) is 17.8. The molecule has 2 aliphatic rings. The third-order valence-electron chi connectivity index (χ3n) is 5.32. The van der Waals surface area contributed by atoms with Crippen molar-refractivity contribution >= 4 is 44.9 Å². The van der Waals surface area contributed by atoms with Gasteiger partial charge in [-0.2, -0.15) is 12.7 Å². The van der Waals surface area contributed by atoms with E-state index in [-0.39, 0.29) is 25.1 Å². The molecule has 9 nitrogen and oxygen atoms in total. The van der Waals surface area contributed by atoms with E-state index in [4.69, 9.17) is 17.0 Å². The highest BCUT2D eigenvalue weighted by molar-refractivity contribution is 7.87. The summed E-state index contributed by atoms with van der Waals surface area (Å²) in [4.78, 5) is 16.2. The topological polar surface area (TPSA) is 94.2 Å². The second-order valence-corrected chi connectivity index (χ2v) is 10.1. The lowest BCUT2D eigenvalue weighted by atomic mass is 10.2. The Morgan fingerprint density at radius 1 is 1.29 bits per heavy atom. The minimum absolute atomic E-state index is 0.199. The number of rotatable bonds is 7. The number of carbonyl (C=O) groups excluding carboxylic acids is 1. The highest BCUT2D eigenvalue weighted by Crippen LogP contribution is 2.28. The van der Waals surface area contributed by atoms with E-state index in [0.29, 0.717) is 42.5 Å². The van der Waals surface area contributed by atoms with Crippen LogP contribution in [0.4, 0.5) is 20.6 Å². The number of benzene rings is 1. The molecule has 1 amide bonds. The van der Waals surface area contributed by atoms with Gasteiger partial charge in [-0.25, -0.2) is 13.9 Å². The molecule has 0 saturated carbocycles. The number of nitrogens with one attached hydrogen (secondary N) is 2. The number of cyclic esters (lactones) is 1. The summed E-state index contributed by atoms with van der Waals surface area (Å²) in [5.74, 6) is -0.275. The molecule has 0 aliphatic carbocycles. The van der Waals surface area contributed by atoms with Crippen LogP contribution in [-0.2, 0) is 14.9 Å². The van der Waals surface area contributed by atoms with Crippen LogP contribution < -0.4 is 19.8 Å². The minimum atomic E-state index is -3.49. The molecular formula is C19H28FN5O4S2. The van der Waals surface area contributed by atoms with Crippen LogP contribution in [-0.4, -0.2) is 76.2 Å². The summed E-state index contributed by atoms with van der Waals surface area (Å²) >= 11 is 5.23. The summed E-state index contributed by atoms with van der Waals surface area (Å²) in [5.41, 5.74) is 0.787. The van der Waals surface area contributed by atoms with E-state index in [1.807, 2.05) is 13.8 Å². The first-order valence-electron chi connectivity index (χ1n) is 10.1. The Kier molecular flexibility index (Phi) is 7.35. The standard InChI is InChI=1S/C19H28FN5O4S2/c1-13(2)18(30)22-11-15-12-25(19(26)29-15)14-4-5-17(16(20)10-14)23-6-8-24(9-7-23)31(27,28)21-3/h4-5,10,13,15,21H,6-9,11-12H2,1-3H3,(H,22,30)/t15-/m0/s1. The molecule has 3 rings (SSSR count). The zero-order chi connectivity index (χ0) is 22.8. The monoisotopic (exact) mass is 473 g/mol. The lowest BCUT2D eigenvalue weighted by Gasteiger charge is -2.35. The number of nitrogens with zero attached hydrogens (tertiary/aromatic N) is 3. The average Bonchev–Trinajstić information content (AvgIpc) is 3.12. The third-order valence-corrected chi connectivity index (χ3v) is 7.50. The van der Waals surface area contributed by atoms with Gasteiger partial charge in [-0.1, -0.05) is 26.1 Å². The van der Waals surface area contributed by atoms with Gasteiger partial charge in [0, 0.05) is 39.1 Å². The molecule has 2 saturated heterocycles. The van der Waals surface area contributed by atoms with Gasteiger partial charge in [0.15, 0.2) is 0 Å². The summed E-state index contributed by atoms with van der Waals surface area (Å²) in [7, 11) is -2.13. The average molecular weight is 474 g/mol. The first kappa shape index (κ1) is 23.6. The number of thiocarbonyl (C=S) groups is 1.